The van der Waals surface area contributed by atoms with Crippen LogP contribution in [0.2, 0.25) is 0 Å². The van der Waals surface area contributed by atoms with Gasteiger partial charge in [-0.05, 0) is 43.0 Å². The Kier molecular flexibility index (Phi) is 5.53. The minimum absolute atomic E-state index is 0.0828. The monoisotopic (exact) mass is 428 g/mol. The molecule has 2 aromatic rings. The maximum absolute atomic E-state index is 12.6. The van der Waals surface area contributed by atoms with Gasteiger partial charge >= 0.3 is 0 Å². The number of anilines is 1. The van der Waals surface area contributed by atoms with Gasteiger partial charge in [0.05, 0.1) is 17.5 Å². The molecule has 4 rings (SSSR count). The number of carbonyl (C=O) groups excluding carboxylic acids is 1. The van der Waals surface area contributed by atoms with E-state index in [4.69, 9.17) is 0 Å². The van der Waals surface area contributed by atoms with Crippen LogP contribution in [0.5, 0.6) is 0 Å². The number of carbonyl (C=O) groups is 1. The first-order chi connectivity index (χ1) is 13.8. The summed E-state index contributed by atoms with van der Waals surface area (Å²) < 4.78 is 24.4. The molecule has 2 aliphatic heterocycles. The lowest BCUT2D eigenvalue weighted by Crippen LogP contribution is -2.38. The molecule has 0 radical (unpaired) electrons. The molecule has 2 heterocycles. The average Bonchev–Trinajstić information content (AvgIpc) is 3.14. The highest BCUT2D eigenvalue weighted by Gasteiger charge is 2.49. The van der Waals surface area contributed by atoms with Crippen LogP contribution >= 0.6 is 11.8 Å². The molecule has 0 unspecified atom stereocenters. The molecule has 152 valence electrons. The van der Waals surface area contributed by atoms with Crippen molar-refractivity contribution in [3.63, 3.8) is 0 Å². The normalized spacial score (nSPS) is 24.1. The van der Waals surface area contributed by atoms with E-state index in [2.05, 4.69) is 4.99 Å². The molecule has 2 atom stereocenters. The summed E-state index contributed by atoms with van der Waals surface area (Å²) in [6.07, 6.45) is 0.980. The third kappa shape index (κ3) is 4.41. The summed E-state index contributed by atoms with van der Waals surface area (Å²) in [4.78, 5) is 19.0. The Morgan fingerprint density at radius 2 is 1.90 bits per heavy atom. The van der Waals surface area contributed by atoms with Crippen molar-refractivity contribution in [1.29, 1.82) is 0 Å². The summed E-state index contributed by atoms with van der Waals surface area (Å²) in [6, 6.07) is 15.8. The minimum atomic E-state index is -3.07. The van der Waals surface area contributed by atoms with Gasteiger partial charge in [0, 0.05) is 17.4 Å². The Bertz CT molecular complexity index is 1060. The molecule has 5 nitrogen and oxygen atoms in total. The van der Waals surface area contributed by atoms with E-state index in [0.29, 0.717) is 18.0 Å². The van der Waals surface area contributed by atoms with Gasteiger partial charge in [0.25, 0.3) is 0 Å². The number of amides is 1. The first-order valence-corrected chi connectivity index (χ1v) is 12.4. The molecule has 1 amide bonds. The van der Waals surface area contributed by atoms with Crippen LogP contribution in [0.25, 0.3) is 0 Å². The van der Waals surface area contributed by atoms with Crippen LogP contribution in [0.3, 0.4) is 0 Å². The van der Waals surface area contributed by atoms with Crippen molar-refractivity contribution in [1.82, 2.24) is 0 Å². The van der Waals surface area contributed by atoms with Gasteiger partial charge < -0.3 is 4.90 Å². The van der Waals surface area contributed by atoms with Crippen LogP contribution in [-0.2, 0) is 21.1 Å². The first-order valence-electron chi connectivity index (χ1n) is 9.71. The molecule has 0 aromatic heterocycles. The third-order valence-corrected chi connectivity index (χ3v) is 8.59. The van der Waals surface area contributed by atoms with E-state index in [-0.39, 0.29) is 28.7 Å². The van der Waals surface area contributed by atoms with Crippen molar-refractivity contribution in [2.45, 2.75) is 38.0 Å². The third-order valence-electron chi connectivity index (χ3n) is 5.38. The molecule has 7 heteroatoms. The van der Waals surface area contributed by atoms with E-state index in [9.17, 15) is 13.2 Å². The zero-order chi connectivity index (χ0) is 20.6. The van der Waals surface area contributed by atoms with Gasteiger partial charge in [0.1, 0.15) is 0 Å². The SMILES string of the molecule is Cc1ccc(C)c(N2C(=NC(=O)CCc3ccccc3)S[C@@H]3CS(=O)(=O)C[C@H]32)c1. The lowest BCUT2D eigenvalue weighted by Gasteiger charge is -2.26. The Morgan fingerprint density at radius 3 is 2.66 bits per heavy atom. The van der Waals surface area contributed by atoms with Crippen LogP contribution in [-0.4, -0.2) is 42.3 Å². The summed E-state index contributed by atoms with van der Waals surface area (Å²) in [6.45, 7) is 4.02. The second-order valence-corrected chi connectivity index (χ2v) is 11.1. The zero-order valence-corrected chi connectivity index (χ0v) is 18.2. The predicted octanol–water partition coefficient (Wildman–Crippen LogP) is 3.54. The molecule has 2 fully saturated rings. The van der Waals surface area contributed by atoms with Gasteiger partial charge in [-0.15, -0.1) is 0 Å². The van der Waals surface area contributed by atoms with Crippen molar-refractivity contribution >= 4 is 38.4 Å². The second-order valence-electron chi connectivity index (χ2n) is 7.73. The number of aryl methyl sites for hydroxylation is 3. The number of fused-ring (bicyclic) bond motifs is 1. The number of rotatable bonds is 4. The van der Waals surface area contributed by atoms with Gasteiger partial charge in [0.2, 0.25) is 5.91 Å². The highest BCUT2D eigenvalue weighted by molar-refractivity contribution is 8.16. The smallest absolute Gasteiger partial charge is 0.248 e. The Morgan fingerprint density at radius 1 is 1.14 bits per heavy atom. The molecule has 29 heavy (non-hydrogen) atoms. The van der Waals surface area contributed by atoms with Crippen molar-refractivity contribution in [3.05, 3.63) is 65.2 Å². The van der Waals surface area contributed by atoms with Crippen molar-refractivity contribution in [2.75, 3.05) is 16.4 Å². The van der Waals surface area contributed by atoms with Crippen molar-refractivity contribution < 1.29 is 13.2 Å². The quantitative estimate of drug-likeness (QED) is 0.745. The lowest BCUT2D eigenvalue weighted by molar-refractivity contribution is -0.117. The van der Waals surface area contributed by atoms with E-state index in [1.54, 1.807) is 0 Å². The van der Waals surface area contributed by atoms with Crippen LogP contribution in [0.15, 0.2) is 53.5 Å². The summed E-state index contributed by atoms with van der Waals surface area (Å²) in [5.74, 6) is 0.0745. The number of benzene rings is 2. The minimum Gasteiger partial charge on any atom is -0.315 e. The topological polar surface area (TPSA) is 66.8 Å². The molecule has 2 aliphatic rings. The Labute approximate surface area is 176 Å². The van der Waals surface area contributed by atoms with Gasteiger partial charge in [-0.3, -0.25) is 4.79 Å². The highest BCUT2D eigenvalue weighted by Crippen LogP contribution is 2.42. The number of sulfone groups is 1. The van der Waals surface area contributed by atoms with Gasteiger partial charge in [0.15, 0.2) is 15.0 Å². The van der Waals surface area contributed by atoms with E-state index < -0.39 is 9.84 Å². The maximum Gasteiger partial charge on any atom is 0.248 e. The average molecular weight is 429 g/mol. The molecule has 2 saturated heterocycles. The second kappa shape index (κ2) is 7.95. The number of hydrogen-bond donors (Lipinski definition) is 0. The summed E-state index contributed by atoms with van der Waals surface area (Å²) in [7, 11) is -3.07. The van der Waals surface area contributed by atoms with Gasteiger partial charge in [-0.1, -0.05) is 54.2 Å². The predicted molar refractivity (Wildman–Crippen MR) is 119 cm³/mol. The summed E-state index contributed by atoms with van der Waals surface area (Å²) >= 11 is 1.43. The molecular weight excluding hydrogens is 404 g/mol. The number of aliphatic imine (C=N–C) groups is 1. The Balaban J connectivity index is 1.61. The summed E-state index contributed by atoms with van der Waals surface area (Å²) in [5.41, 5.74) is 4.19. The summed E-state index contributed by atoms with van der Waals surface area (Å²) in [5, 5.41) is 0.544. The lowest BCUT2D eigenvalue weighted by atomic mass is 10.1. The molecule has 0 bridgehead atoms. The number of thioether (sulfide) groups is 1. The van der Waals surface area contributed by atoms with E-state index in [1.165, 1.54) is 11.8 Å². The molecular formula is C22H24N2O3S2. The van der Waals surface area contributed by atoms with Crippen LogP contribution in [0, 0.1) is 13.8 Å². The standard InChI is InChI=1S/C22H24N2O3S2/c1-15-8-9-16(2)18(12-15)24-19-13-29(26,27)14-20(19)28-22(24)23-21(25)11-10-17-6-4-3-5-7-17/h3-9,12,19-20H,10-11,13-14H2,1-2H3/t19-,20-/m1/s1. The number of hydrogen-bond acceptors (Lipinski definition) is 4. The molecule has 0 saturated carbocycles. The van der Waals surface area contributed by atoms with Crippen LogP contribution < -0.4 is 4.90 Å². The fraction of sp³-hybridized carbons (Fsp3) is 0.364. The van der Waals surface area contributed by atoms with E-state index in [1.807, 2.05) is 67.3 Å². The van der Waals surface area contributed by atoms with Crippen molar-refractivity contribution in [3.8, 4) is 0 Å². The van der Waals surface area contributed by atoms with Crippen LogP contribution in [0.4, 0.5) is 5.69 Å². The van der Waals surface area contributed by atoms with E-state index in [0.717, 1.165) is 22.4 Å². The number of amidine groups is 1. The molecule has 0 aliphatic carbocycles. The fourth-order valence-corrected chi connectivity index (χ4v) is 7.81. The fourth-order valence-electron chi connectivity index (χ4n) is 3.88. The van der Waals surface area contributed by atoms with Crippen molar-refractivity contribution in [2.24, 2.45) is 4.99 Å². The maximum atomic E-state index is 12.6. The number of nitrogens with zero attached hydrogens (tertiary/aromatic N) is 2. The largest absolute Gasteiger partial charge is 0.315 e. The molecule has 0 spiro atoms. The molecule has 2 aromatic carbocycles. The van der Waals surface area contributed by atoms with Gasteiger partial charge in [-0.2, -0.15) is 4.99 Å². The van der Waals surface area contributed by atoms with Gasteiger partial charge in [-0.25, -0.2) is 8.42 Å². The first kappa shape index (κ1) is 20.2. The highest BCUT2D eigenvalue weighted by atomic mass is 32.2. The zero-order valence-electron chi connectivity index (χ0n) is 16.5. The van der Waals surface area contributed by atoms with E-state index >= 15 is 0 Å². The molecule has 0 N–H and O–H groups in total. The van der Waals surface area contributed by atoms with Crippen LogP contribution in [0.1, 0.15) is 23.1 Å². The Hall–Kier alpha value is -2.12.